The number of hydrogen-bond acceptors (Lipinski definition) is 5. The number of unbranched alkanes of at least 4 members (excludes halogenated alkanes) is 28. The first-order chi connectivity index (χ1) is 22.0. The quantitative estimate of drug-likeness (QED) is 0.0506. The molecule has 0 rings (SSSR count). The highest BCUT2D eigenvalue weighted by Gasteiger charge is 2.32. The van der Waals surface area contributed by atoms with Crippen LogP contribution in [0.4, 0.5) is 0 Å². The van der Waals surface area contributed by atoms with E-state index in [1.807, 2.05) is 13.8 Å². The molecule has 0 aliphatic rings. The highest BCUT2D eigenvalue weighted by atomic mass is 16.8. The molecule has 0 aromatic carbocycles. The Morgan fingerprint density at radius 1 is 0.400 bits per heavy atom. The lowest BCUT2D eigenvalue weighted by Gasteiger charge is -2.16. The van der Waals surface area contributed by atoms with E-state index < -0.39 is 7.32 Å². The molecule has 0 saturated heterocycles. The molecule has 266 valence electrons. The van der Waals surface area contributed by atoms with Gasteiger partial charge in [0.15, 0.2) is 0 Å². The number of rotatable bonds is 36. The maximum Gasteiger partial charge on any atom is 0.792 e. The van der Waals surface area contributed by atoms with E-state index >= 15 is 0 Å². The maximum atomic E-state index is 12.4. The number of carbonyl (C=O) groups is 2. The van der Waals surface area contributed by atoms with E-state index in [1.54, 1.807) is 0 Å². The molecule has 0 unspecified atom stereocenters. The van der Waals surface area contributed by atoms with Crippen LogP contribution in [0.5, 0.6) is 0 Å². The summed E-state index contributed by atoms with van der Waals surface area (Å²) in [6.45, 7) is 8.24. The molecular formula is C39H77BO5. The summed E-state index contributed by atoms with van der Waals surface area (Å²) in [6.07, 6.45) is 39.2. The van der Waals surface area contributed by atoms with Crippen molar-refractivity contribution in [1.82, 2.24) is 0 Å². The minimum Gasteiger partial charge on any atom is -0.474 e. The van der Waals surface area contributed by atoms with Gasteiger partial charge in [-0.15, -0.1) is 0 Å². The lowest BCUT2D eigenvalue weighted by atomic mass is 10.0. The Bertz CT molecular complexity index is 579. The zero-order chi connectivity index (χ0) is 33.1. The molecule has 0 N–H and O–H groups in total. The molecule has 0 heterocycles. The Labute approximate surface area is 281 Å². The third kappa shape index (κ3) is 35.7. The summed E-state index contributed by atoms with van der Waals surface area (Å²) in [5, 5.41) is 0. The minimum absolute atomic E-state index is 0.202. The summed E-state index contributed by atoms with van der Waals surface area (Å²) < 4.78 is 16.3. The van der Waals surface area contributed by atoms with Gasteiger partial charge in [-0.2, -0.15) is 0 Å². The lowest BCUT2D eigenvalue weighted by Crippen LogP contribution is -2.34. The second-order valence-electron chi connectivity index (χ2n) is 13.9. The molecule has 6 heteroatoms. The monoisotopic (exact) mass is 637 g/mol. The van der Waals surface area contributed by atoms with Crippen molar-refractivity contribution >= 4 is 19.3 Å². The van der Waals surface area contributed by atoms with E-state index in [9.17, 15) is 9.59 Å². The van der Waals surface area contributed by atoms with Crippen molar-refractivity contribution in [3.8, 4) is 0 Å². The SMILES string of the molecule is CCCCCCCCCCCCCCCCCC(=O)OB(OC(=O)CCCCCCCCCCCCCCCCC)OC(C)C. The van der Waals surface area contributed by atoms with Crippen molar-refractivity contribution in [2.75, 3.05) is 0 Å². The first kappa shape index (κ1) is 44.0. The highest BCUT2D eigenvalue weighted by Crippen LogP contribution is 2.16. The molecule has 0 atom stereocenters. The van der Waals surface area contributed by atoms with Gasteiger partial charge in [0.2, 0.25) is 0 Å². The second kappa shape index (κ2) is 35.8. The van der Waals surface area contributed by atoms with E-state index in [-0.39, 0.29) is 18.0 Å². The van der Waals surface area contributed by atoms with Crippen LogP contribution in [0, 0.1) is 0 Å². The van der Waals surface area contributed by atoms with Gasteiger partial charge in [-0.05, 0) is 26.7 Å². The van der Waals surface area contributed by atoms with Gasteiger partial charge in [0, 0.05) is 18.9 Å². The van der Waals surface area contributed by atoms with Gasteiger partial charge in [-0.3, -0.25) is 9.59 Å². The molecule has 0 aromatic heterocycles. The Morgan fingerprint density at radius 2 is 0.622 bits per heavy atom. The van der Waals surface area contributed by atoms with Crippen LogP contribution in [0.3, 0.4) is 0 Å². The van der Waals surface area contributed by atoms with Crippen LogP contribution >= 0.6 is 0 Å². The van der Waals surface area contributed by atoms with Crippen LogP contribution in [0.25, 0.3) is 0 Å². The molecule has 0 saturated carbocycles. The average Bonchev–Trinajstić information content (AvgIpc) is 3.00. The van der Waals surface area contributed by atoms with Gasteiger partial charge < -0.3 is 14.0 Å². The fourth-order valence-electron chi connectivity index (χ4n) is 5.92. The van der Waals surface area contributed by atoms with Crippen molar-refractivity contribution in [3.05, 3.63) is 0 Å². The summed E-state index contributed by atoms with van der Waals surface area (Å²) >= 11 is 0. The number of carbonyl (C=O) groups excluding carboxylic acids is 2. The maximum absolute atomic E-state index is 12.4. The van der Waals surface area contributed by atoms with Gasteiger partial charge in [-0.25, -0.2) is 0 Å². The standard InChI is InChI=1S/C39H77BO5/c1-5-7-9-11-13-15-17-19-21-23-25-27-29-31-33-35-38(41)44-40(43-37(3)4)45-39(42)36-34-32-30-28-26-24-22-20-18-16-14-12-10-8-6-2/h37H,5-36H2,1-4H3. The van der Waals surface area contributed by atoms with Gasteiger partial charge >= 0.3 is 7.32 Å². The third-order valence-corrected chi connectivity index (χ3v) is 8.81. The molecule has 0 aliphatic carbocycles. The van der Waals surface area contributed by atoms with Crippen LogP contribution < -0.4 is 0 Å². The van der Waals surface area contributed by atoms with Crippen LogP contribution in [-0.2, 0) is 23.6 Å². The first-order valence-electron chi connectivity index (χ1n) is 20.0. The fraction of sp³-hybridized carbons (Fsp3) is 0.949. The molecule has 0 radical (unpaired) electrons. The minimum atomic E-state index is -1.24. The normalized spacial score (nSPS) is 11.3. The largest absolute Gasteiger partial charge is 0.792 e. The zero-order valence-corrected chi connectivity index (χ0v) is 30.8. The number of hydrogen-bond donors (Lipinski definition) is 0. The smallest absolute Gasteiger partial charge is 0.474 e. The van der Waals surface area contributed by atoms with Crippen LogP contribution in [0.1, 0.15) is 233 Å². The second-order valence-corrected chi connectivity index (χ2v) is 13.9. The molecule has 0 aliphatic heterocycles. The van der Waals surface area contributed by atoms with Crippen molar-refractivity contribution in [2.45, 2.75) is 239 Å². The van der Waals surface area contributed by atoms with Crippen molar-refractivity contribution in [3.63, 3.8) is 0 Å². The van der Waals surface area contributed by atoms with Gasteiger partial charge in [0.25, 0.3) is 11.9 Å². The first-order valence-corrected chi connectivity index (χ1v) is 20.0. The van der Waals surface area contributed by atoms with E-state index in [0.717, 1.165) is 38.5 Å². The molecule has 0 spiro atoms. The van der Waals surface area contributed by atoms with Crippen LogP contribution in [0.2, 0.25) is 0 Å². The summed E-state index contributed by atoms with van der Waals surface area (Å²) in [4.78, 5) is 24.7. The molecule has 45 heavy (non-hydrogen) atoms. The molecule has 0 amide bonds. The molecular weight excluding hydrogens is 559 g/mol. The molecule has 0 aromatic rings. The van der Waals surface area contributed by atoms with Crippen molar-refractivity contribution < 1.29 is 23.6 Å². The van der Waals surface area contributed by atoms with Crippen LogP contribution in [-0.4, -0.2) is 25.4 Å². The summed E-state index contributed by atoms with van der Waals surface area (Å²) in [5.74, 6) is -0.703. The summed E-state index contributed by atoms with van der Waals surface area (Å²) in [5.41, 5.74) is 0. The van der Waals surface area contributed by atoms with E-state index in [2.05, 4.69) is 13.8 Å². The van der Waals surface area contributed by atoms with E-state index in [0.29, 0.717) is 12.8 Å². The van der Waals surface area contributed by atoms with Gasteiger partial charge in [0.05, 0.1) is 0 Å². The fourth-order valence-corrected chi connectivity index (χ4v) is 5.92. The summed E-state index contributed by atoms with van der Waals surface area (Å²) in [7, 11) is -1.24. The predicted octanol–water partition coefficient (Wildman–Crippen LogP) is 13.0. The lowest BCUT2D eigenvalue weighted by molar-refractivity contribution is -0.144. The molecule has 0 fully saturated rings. The molecule has 0 bridgehead atoms. The third-order valence-electron chi connectivity index (χ3n) is 8.81. The van der Waals surface area contributed by atoms with Crippen molar-refractivity contribution in [1.29, 1.82) is 0 Å². The zero-order valence-electron chi connectivity index (χ0n) is 30.8. The van der Waals surface area contributed by atoms with E-state index in [1.165, 1.54) is 154 Å². The van der Waals surface area contributed by atoms with Gasteiger partial charge in [0.1, 0.15) is 0 Å². The highest BCUT2D eigenvalue weighted by molar-refractivity contribution is 6.41. The van der Waals surface area contributed by atoms with Crippen molar-refractivity contribution in [2.24, 2.45) is 0 Å². The average molecular weight is 637 g/mol. The van der Waals surface area contributed by atoms with Gasteiger partial charge in [-0.1, -0.05) is 194 Å². The Morgan fingerprint density at radius 3 is 0.844 bits per heavy atom. The Hall–Kier alpha value is -1.04. The summed E-state index contributed by atoms with van der Waals surface area (Å²) in [6, 6.07) is 0. The Balaban J connectivity index is 3.71. The molecule has 5 nitrogen and oxygen atoms in total. The predicted molar refractivity (Wildman–Crippen MR) is 193 cm³/mol. The Kier molecular flexibility index (Phi) is 35.0. The van der Waals surface area contributed by atoms with Crippen LogP contribution in [0.15, 0.2) is 0 Å². The van der Waals surface area contributed by atoms with E-state index in [4.69, 9.17) is 14.0 Å². The topological polar surface area (TPSA) is 61.8 Å².